The van der Waals surface area contributed by atoms with Gasteiger partial charge in [0.05, 0.1) is 6.04 Å². The predicted molar refractivity (Wildman–Crippen MR) is 74.1 cm³/mol. The smallest absolute Gasteiger partial charge is 0.415 e. The highest BCUT2D eigenvalue weighted by atomic mass is 19.1. The molecule has 0 N–H and O–H groups in total. The molecular weight excluding hydrogens is 276 g/mol. The van der Waals surface area contributed by atoms with Gasteiger partial charge in [0.2, 0.25) is 0 Å². The third kappa shape index (κ3) is 2.59. The normalized spacial score (nSPS) is 18.0. The van der Waals surface area contributed by atoms with Crippen LogP contribution in [0.2, 0.25) is 0 Å². The largest absolute Gasteiger partial charge is 0.447 e. The molecule has 3 nitrogen and oxygen atoms in total. The summed E-state index contributed by atoms with van der Waals surface area (Å²) in [6.07, 6.45) is -0.520. The lowest BCUT2D eigenvalue weighted by Gasteiger charge is -2.22. The van der Waals surface area contributed by atoms with Crippen LogP contribution >= 0.6 is 0 Å². The number of carbonyl (C=O) groups is 1. The predicted octanol–water partition coefficient (Wildman–Crippen LogP) is 3.97. The average molecular weight is 289 g/mol. The number of hydrogen-bond donors (Lipinski definition) is 0. The number of ether oxygens (including phenoxy) is 1. The van der Waals surface area contributed by atoms with E-state index in [0.717, 1.165) is 11.6 Å². The average Bonchev–Trinajstić information content (AvgIpc) is 2.80. The zero-order valence-corrected chi connectivity index (χ0v) is 11.3. The fourth-order valence-corrected chi connectivity index (χ4v) is 2.43. The van der Waals surface area contributed by atoms with Crippen LogP contribution in [-0.2, 0) is 4.74 Å². The molecule has 5 heteroatoms. The van der Waals surface area contributed by atoms with E-state index >= 15 is 0 Å². The zero-order valence-electron chi connectivity index (χ0n) is 11.3. The van der Waals surface area contributed by atoms with Crippen molar-refractivity contribution in [2.45, 2.75) is 13.0 Å². The van der Waals surface area contributed by atoms with Crippen molar-refractivity contribution in [3.63, 3.8) is 0 Å². The lowest BCUT2D eigenvalue weighted by molar-refractivity contribution is 0.179. The van der Waals surface area contributed by atoms with Crippen LogP contribution in [0.15, 0.2) is 42.5 Å². The Morgan fingerprint density at radius 1 is 1.10 bits per heavy atom. The number of carbonyl (C=O) groups excluding carboxylic acids is 1. The third-order valence-electron chi connectivity index (χ3n) is 3.45. The Morgan fingerprint density at radius 2 is 1.71 bits per heavy atom. The van der Waals surface area contributed by atoms with Crippen LogP contribution in [-0.4, -0.2) is 12.7 Å². The van der Waals surface area contributed by atoms with Crippen molar-refractivity contribution in [2.24, 2.45) is 0 Å². The van der Waals surface area contributed by atoms with Crippen molar-refractivity contribution in [2.75, 3.05) is 11.5 Å². The number of cyclic esters (lactones) is 1. The van der Waals surface area contributed by atoms with Crippen LogP contribution in [0, 0.1) is 18.6 Å². The summed E-state index contributed by atoms with van der Waals surface area (Å²) in [5, 5.41) is 0. The van der Waals surface area contributed by atoms with Crippen molar-refractivity contribution in [1.82, 2.24) is 0 Å². The van der Waals surface area contributed by atoms with Crippen LogP contribution < -0.4 is 4.90 Å². The van der Waals surface area contributed by atoms with Gasteiger partial charge in [-0.25, -0.2) is 13.6 Å². The number of nitrogens with zero attached hydrogens (tertiary/aromatic N) is 1. The van der Waals surface area contributed by atoms with Gasteiger partial charge in [-0.1, -0.05) is 17.7 Å². The van der Waals surface area contributed by atoms with Gasteiger partial charge in [-0.3, -0.25) is 4.90 Å². The molecule has 1 saturated heterocycles. The highest BCUT2D eigenvalue weighted by molar-refractivity contribution is 5.90. The fourth-order valence-electron chi connectivity index (χ4n) is 2.43. The second kappa shape index (κ2) is 5.16. The Labute approximate surface area is 120 Å². The summed E-state index contributed by atoms with van der Waals surface area (Å²) in [7, 11) is 0. The van der Waals surface area contributed by atoms with Gasteiger partial charge in [0, 0.05) is 11.8 Å². The third-order valence-corrected chi connectivity index (χ3v) is 3.45. The molecule has 0 saturated carbocycles. The molecule has 1 atom stereocenters. The SMILES string of the molecule is Cc1ccc(N2C(=O)OC[C@@H]2c2cc(F)cc(F)c2)cc1. The van der Waals surface area contributed by atoms with Crippen molar-refractivity contribution in [3.8, 4) is 0 Å². The number of amides is 1. The van der Waals surface area contributed by atoms with E-state index in [2.05, 4.69) is 0 Å². The van der Waals surface area contributed by atoms with Gasteiger partial charge in [0.15, 0.2) is 0 Å². The Bertz CT molecular complexity index is 665. The zero-order chi connectivity index (χ0) is 15.0. The number of halogens is 2. The van der Waals surface area contributed by atoms with Gasteiger partial charge in [-0.15, -0.1) is 0 Å². The van der Waals surface area contributed by atoms with Crippen LogP contribution in [0.3, 0.4) is 0 Å². The van der Waals surface area contributed by atoms with Gasteiger partial charge in [-0.2, -0.15) is 0 Å². The van der Waals surface area contributed by atoms with Crippen LogP contribution in [0.4, 0.5) is 19.3 Å². The number of aryl methyl sites for hydroxylation is 1. The molecule has 2 aromatic rings. The van der Waals surface area contributed by atoms with E-state index in [1.807, 2.05) is 19.1 Å². The van der Waals surface area contributed by atoms with E-state index in [1.165, 1.54) is 17.0 Å². The molecule has 3 rings (SSSR count). The van der Waals surface area contributed by atoms with E-state index in [0.29, 0.717) is 11.3 Å². The quantitative estimate of drug-likeness (QED) is 0.837. The van der Waals surface area contributed by atoms with Crippen LogP contribution in [0.5, 0.6) is 0 Å². The van der Waals surface area contributed by atoms with Crippen molar-refractivity contribution in [1.29, 1.82) is 0 Å². The minimum Gasteiger partial charge on any atom is -0.447 e. The van der Waals surface area contributed by atoms with Crippen molar-refractivity contribution in [3.05, 3.63) is 65.2 Å². The molecule has 1 aliphatic rings. The number of anilines is 1. The monoisotopic (exact) mass is 289 g/mol. The molecular formula is C16H13F2NO2. The molecule has 0 radical (unpaired) electrons. The lowest BCUT2D eigenvalue weighted by Crippen LogP contribution is -2.27. The highest BCUT2D eigenvalue weighted by Gasteiger charge is 2.35. The Balaban J connectivity index is 2.01. The van der Waals surface area contributed by atoms with E-state index in [1.54, 1.807) is 12.1 Å². The Kier molecular flexibility index (Phi) is 3.33. The first-order chi connectivity index (χ1) is 10.0. The second-order valence-corrected chi connectivity index (χ2v) is 5.00. The Morgan fingerprint density at radius 3 is 2.33 bits per heavy atom. The van der Waals surface area contributed by atoms with Crippen LogP contribution in [0.25, 0.3) is 0 Å². The number of benzene rings is 2. The summed E-state index contributed by atoms with van der Waals surface area (Å²) < 4.78 is 31.8. The number of hydrogen-bond acceptors (Lipinski definition) is 2. The molecule has 1 aliphatic heterocycles. The van der Waals surface area contributed by atoms with Gasteiger partial charge >= 0.3 is 6.09 Å². The van der Waals surface area contributed by atoms with E-state index in [-0.39, 0.29) is 6.61 Å². The maximum atomic E-state index is 13.4. The van der Waals surface area contributed by atoms with E-state index in [9.17, 15) is 13.6 Å². The first kappa shape index (κ1) is 13.5. The molecule has 2 aromatic carbocycles. The molecule has 1 fully saturated rings. The molecule has 0 unspecified atom stereocenters. The molecule has 108 valence electrons. The van der Waals surface area contributed by atoms with Gasteiger partial charge in [-0.05, 0) is 36.8 Å². The topological polar surface area (TPSA) is 29.5 Å². The molecule has 0 aliphatic carbocycles. The maximum absolute atomic E-state index is 13.4. The summed E-state index contributed by atoms with van der Waals surface area (Å²) in [6, 6.07) is 10.00. The highest BCUT2D eigenvalue weighted by Crippen LogP contribution is 2.33. The minimum absolute atomic E-state index is 0.0651. The van der Waals surface area contributed by atoms with Crippen molar-refractivity contribution < 1.29 is 18.3 Å². The number of rotatable bonds is 2. The summed E-state index contributed by atoms with van der Waals surface area (Å²) in [5.74, 6) is -1.35. The second-order valence-electron chi connectivity index (χ2n) is 5.00. The van der Waals surface area contributed by atoms with Gasteiger partial charge < -0.3 is 4.74 Å². The standard InChI is InChI=1S/C16H13F2NO2/c1-10-2-4-14(5-3-10)19-15(9-21-16(19)20)11-6-12(17)8-13(18)7-11/h2-8,15H,9H2,1H3/t15-/m1/s1. The first-order valence-electron chi connectivity index (χ1n) is 6.53. The summed E-state index contributed by atoms with van der Waals surface area (Å²) in [4.78, 5) is 13.3. The van der Waals surface area contributed by atoms with Crippen LogP contribution in [0.1, 0.15) is 17.2 Å². The first-order valence-corrected chi connectivity index (χ1v) is 6.53. The summed E-state index contributed by atoms with van der Waals surface area (Å²) in [5.41, 5.74) is 2.07. The maximum Gasteiger partial charge on any atom is 0.415 e. The summed E-state index contributed by atoms with van der Waals surface area (Å²) >= 11 is 0. The summed E-state index contributed by atoms with van der Waals surface area (Å²) in [6.45, 7) is 2.00. The molecule has 0 spiro atoms. The van der Waals surface area contributed by atoms with Crippen molar-refractivity contribution >= 4 is 11.8 Å². The van der Waals surface area contributed by atoms with Gasteiger partial charge in [0.25, 0.3) is 0 Å². The fraction of sp³-hybridized carbons (Fsp3) is 0.188. The molecule has 21 heavy (non-hydrogen) atoms. The molecule has 1 amide bonds. The van der Waals surface area contributed by atoms with Gasteiger partial charge in [0.1, 0.15) is 18.2 Å². The molecule has 1 heterocycles. The lowest BCUT2D eigenvalue weighted by atomic mass is 10.1. The molecule has 0 aromatic heterocycles. The van der Waals surface area contributed by atoms with E-state index < -0.39 is 23.8 Å². The molecule has 0 bridgehead atoms. The van der Waals surface area contributed by atoms with E-state index in [4.69, 9.17) is 4.74 Å². The minimum atomic E-state index is -0.673. The Hall–Kier alpha value is -2.43.